The van der Waals surface area contributed by atoms with Crippen LogP contribution in [0.2, 0.25) is 0 Å². The molecule has 0 aromatic rings. The van der Waals surface area contributed by atoms with Crippen molar-refractivity contribution in [2.75, 3.05) is 12.3 Å². The average molecular weight is 243 g/mol. The summed E-state index contributed by atoms with van der Waals surface area (Å²) in [5.41, 5.74) is 0. The van der Waals surface area contributed by atoms with Gasteiger partial charge < -0.3 is 0 Å². The number of hydrogen-bond donors (Lipinski definition) is 1. The van der Waals surface area contributed by atoms with Crippen LogP contribution in [0.25, 0.3) is 0 Å². The Morgan fingerprint density at radius 1 is 0.938 bits per heavy atom. The molecule has 0 saturated carbocycles. The first-order valence-electron chi connectivity index (χ1n) is 5.33. The Morgan fingerprint density at radius 2 is 1.56 bits per heavy atom. The van der Waals surface area contributed by atoms with Gasteiger partial charge in [-0.2, -0.15) is 10.5 Å². The van der Waals surface area contributed by atoms with Crippen LogP contribution in [0.4, 0.5) is 0 Å². The molecule has 0 aromatic carbocycles. The van der Waals surface area contributed by atoms with E-state index in [1.165, 1.54) is 0 Å². The lowest BCUT2D eigenvalue weighted by Gasteiger charge is -2.02. The van der Waals surface area contributed by atoms with Crippen molar-refractivity contribution < 1.29 is 8.42 Å². The molecule has 0 rings (SSSR count). The topological polar surface area (TPSA) is 93.8 Å². The van der Waals surface area contributed by atoms with Crippen LogP contribution in [-0.4, -0.2) is 20.7 Å². The van der Waals surface area contributed by atoms with Crippen LogP contribution in [0.5, 0.6) is 0 Å². The first-order chi connectivity index (χ1) is 7.62. The molecule has 90 valence electrons. The largest absolute Gasteiger partial charge is 0.225 e. The number of rotatable bonds is 9. The summed E-state index contributed by atoms with van der Waals surface area (Å²) in [5.74, 6) is -0.477. The lowest BCUT2D eigenvalue weighted by molar-refractivity contribution is 0.572. The number of nitrogens with one attached hydrogen (secondary N) is 1. The Bertz CT molecular complexity index is 351. The molecule has 0 aromatic heterocycles. The summed E-state index contributed by atoms with van der Waals surface area (Å²) in [6.07, 6.45) is 5.25. The third-order valence-electron chi connectivity index (χ3n) is 2.04. The van der Waals surface area contributed by atoms with Gasteiger partial charge in [-0.05, 0) is 12.8 Å². The molecule has 0 saturated heterocycles. The van der Waals surface area contributed by atoms with E-state index >= 15 is 0 Å². The maximum Gasteiger partial charge on any atom is 0.225 e. The van der Waals surface area contributed by atoms with Crippen molar-refractivity contribution in [3.63, 3.8) is 0 Å². The number of sulfonamides is 1. The van der Waals surface area contributed by atoms with Gasteiger partial charge in [0.05, 0.1) is 12.1 Å². The van der Waals surface area contributed by atoms with Gasteiger partial charge >= 0.3 is 0 Å². The Morgan fingerprint density at radius 3 is 2.19 bits per heavy atom. The molecule has 0 aliphatic carbocycles. The molecule has 0 aliphatic rings. The first kappa shape index (κ1) is 14.9. The smallest absolute Gasteiger partial charge is 0.214 e. The lowest BCUT2D eigenvalue weighted by atomic mass is 10.1. The quantitative estimate of drug-likeness (QED) is 0.617. The normalized spacial score (nSPS) is 10.6. The van der Waals surface area contributed by atoms with Crippen LogP contribution in [0, 0.1) is 22.7 Å². The van der Waals surface area contributed by atoms with Crippen molar-refractivity contribution >= 4 is 10.0 Å². The van der Waals surface area contributed by atoms with Gasteiger partial charge in [-0.1, -0.05) is 19.3 Å². The molecule has 0 fully saturated rings. The fourth-order valence-electron chi connectivity index (χ4n) is 1.22. The highest BCUT2D eigenvalue weighted by atomic mass is 32.2. The molecular formula is C10H17N3O2S. The van der Waals surface area contributed by atoms with Gasteiger partial charge in [0.1, 0.15) is 0 Å². The second-order valence-corrected chi connectivity index (χ2v) is 5.29. The summed E-state index contributed by atoms with van der Waals surface area (Å²) in [6, 6.07) is 3.68. The standard InChI is InChI=1S/C10H17N3O2S/c11-7-5-3-1-2-4-6-9-13-16(14,15)10-8-12/h13H,1-6,9-10H2. The molecule has 0 aliphatic heterocycles. The van der Waals surface area contributed by atoms with Gasteiger partial charge in [0.15, 0.2) is 5.75 Å². The van der Waals surface area contributed by atoms with Crippen molar-refractivity contribution in [1.82, 2.24) is 4.72 Å². The van der Waals surface area contributed by atoms with Gasteiger partial charge in [0, 0.05) is 13.0 Å². The summed E-state index contributed by atoms with van der Waals surface area (Å²) >= 11 is 0. The van der Waals surface area contributed by atoms with E-state index in [9.17, 15) is 8.42 Å². The highest BCUT2D eigenvalue weighted by Crippen LogP contribution is 2.04. The van der Waals surface area contributed by atoms with Crippen LogP contribution in [0.1, 0.15) is 38.5 Å². The zero-order chi connectivity index (χ0) is 12.3. The molecule has 6 heteroatoms. The van der Waals surface area contributed by atoms with Gasteiger partial charge in [-0.25, -0.2) is 13.1 Å². The molecule has 0 spiro atoms. The molecule has 5 nitrogen and oxygen atoms in total. The summed E-state index contributed by atoms with van der Waals surface area (Å²) in [4.78, 5) is 0. The van der Waals surface area contributed by atoms with Crippen molar-refractivity contribution in [2.45, 2.75) is 38.5 Å². The molecule has 0 atom stereocenters. The third-order valence-corrected chi connectivity index (χ3v) is 3.19. The van der Waals surface area contributed by atoms with E-state index in [-0.39, 0.29) is 0 Å². The van der Waals surface area contributed by atoms with Gasteiger partial charge in [0.25, 0.3) is 0 Å². The maximum atomic E-state index is 11.0. The van der Waals surface area contributed by atoms with E-state index < -0.39 is 15.8 Å². The van der Waals surface area contributed by atoms with Crippen LogP contribution >= 0.6 is 0 Å². The minimum absolute atomic E-state index is 0.391. The maximum absolute atomic E-state index is 11.0. The predicted molar refractivity (Wildman–Crippen MR) is 60.7 cm³/mol. The highest BCUT2D eigenvalue weighted by molar-refractivity contribution is 7.89. The molecule has 0 radical (unpaired) electrons. The van der Waals surface area contributed by atoms with E-state index in [1.54, 1.807) is 6.07 Å². The molecule has 1 N–H and O–H groups in total. The zero-order valence-electron chi connectivity index (χ0n) is 9.28. The van der Waals surface area contributed by atoms with Crippen LogP contribution in [0.3, 0.4) is 0 Å². The summed E-state index contributed by atoms with van der Waals surface area (Å²) in [5, 5.41) is 16.5. The van der Waals surface area contributed by atoms with Gasteiger partial charge in [-0.3, -0.25) is 0 Å². The van der Waals surface area contributed by atoms with Crippen LogP contribution < -0.4 is 4.72 Å². The predicted octanol–water partition coefficient (Wildman–Crippen LogP) is 1.29. The zero-order valence-corrected chi connectivity index (χ0v) is 10.1. The van der Waals surface area contributed by atoms with Crippen molar-refractivity contribution in [3.05, 3.63) is 0 Å². The molecule has 0 amide bonds. The fourth-order valence-corrected chi connectivity index (χ4v) is 1.95. The molecule has 0 heterocycles. The van der Waals surface area contributed by atoms with E-state index in [1.807, 2.05) is 0 Å². The Kier molecular flexibility index (Phi) is 8.51. The number of nitriles is 2. The third kappa shape index (κ3) is 9.45. The fraction of sp³-hybridized carbons (Fsp3) is 0.800. The Labute approximate surface area is 97.1 Å². The van der Waals surface area contributed by atoms with Crippen LogP contribution in [0.15, 0.2) is 0 Å². The van der Waals surface area contributed by atoms with Gasteiger partial charge in [0.2, 0.25) is 10.0 Å². The van der Waals surface area contributed by atoms with Crippen molar-refractivity contribution in [2.24, 2.45) is 0 Å². The monoisotopic (exact) mass is 243 g/mol. The number of nitrogens with zero attached hydrogens (tertiary/aromatic N) is 2. The minimum Gasteiger partial charge on any atom is -0.214 e. The SMILES string of the molecule is N#CCCCCCCCNS(=O)(=O)CC#N. The van der Waals surface area contributed by atoms with Crippen LogP contribution in [-0.2, 0) is 10.0 Å². The Balaban J connectivity index is 3.35. The Hall–Kier alpha value is -1.11. The molecule has 0 unspecified atom stereocenters. The second kappa shape index (κ2) is 9.14. The molecule has 16 heavy (non-hydrogen) atoms. The summed E-state index contributed by atoms with van der Waals surface area (Å²) < 4.78 is 24.4. The summed E-state index contributed by atoms with van der Waals surface area (Å²) in [6.45, 7) is 0.391. The van der Waals surface area contributed by atoms with E-state index in [0.29, 0.717) is 13.0 Å². The minimum atomic E-state index is -3.39. The van der Waals surface area contributed by atoms with E-state index in [0.717, 1.165) is 32.1 Å². The van der Waals surface area contributed by atoms with Crippen molar-refractivity contribution in [3.8, 4) is 12.1 Å². The molecule has 0 bridgehead atoms. The second-order valence-electron chi connectivity index (χ2n) is 3.49. The van der Waals surface area contributed by atoms with Crippen molar-refractivity contribution in [1.29, 1.82) is 10.5 Å². The lowest BCUT2D eigenvalue weighted by Crippen LogP contribution is -2.26. The number of unbranched alkanes of at least 4 members (excludes halogenated alkanes) is 5. The summed E-state index contributed by atoms with van der Waals surface area (Å²) in [7, 11) is -3.39. The van der Waals surface area contributed by atoms with Gasteiger partial charge in [-0.15, -0.1) is 0 Å². The van der Waals surface area contributed by atoms with E-state index in [4.69, 9.17) is 10.5 Å². The molecular weight excluding hydrogens is 226 g/mol. The average Bonchev–Trinajstić information content (AvgIpc) is 2.22. The first-order valence-corrected chi connectivity index (χ1v) is 6.99. The number of hydrogen-bond acceptors (Lipinski definition) is 4. The highest BCUT2D eigenvalue weighted by Gasteiger charge is 2.06. The van der Waals surface area contributed by atoms with E-state index in [2.05, 4.69) is 10.8 Å².